The molecule has 0 amide bonds. The lowest BCUT2D eigenvalue weighted by Crippen LogP contribution is -2.05. The fourth-order valence-corrected chi connectivity index (χ4v) is 1.69. The summed E-state index contributed by atoms with van der Waals surface area (Å²) >= 11 is 5.85. The van der Waals surface area contributed by atoms with Gasteiger partial charge in [0.1, 0.15) is 0 Å². The van der Waals surface area contributed by atoms with Gasteiger partial charge in [0, 0.05) is 28.5 Å². The van der Waals surface area contributed by atoms with E-state index in [4.69, 9.17) is 11.6 Å². The molecule has 86 valence electrons. The van der Waals surface area contributed by atoms with E-state index in [1.54, 1.807) is 36.7 Å². The molecule has 0 N–H and O–H groups in total. The van der Waals surface area contributed by atoms with Gasteiger partial charge in [-0.15, -0.1) is 0 Å². The summed E-state index contributed by atoms with van der Waals surface area (Å²) in [4.78, 5) is 3.89. The maximum Gasteiger partial charge on any atom is 0.182 e. The fourth-order valence-electron chi connectivity index (χ4n) is 1.48. The summed E-state index contributed by atoms with van der Waals surface area (Å²) in [6.45, 7) is 0.281. The van der Waals surface area contributed by atoms with Crippen LogP contribution in [-0.2, 0) is 6.54 Å². The highest BCUT2D eigenvalue weighted by Gasteiger charge is 2.00. The molecule has 3 nitrogen and oxygen atoms in total. The SMILES string of the molecule is [O-][N+](=Cc1ccncc1)Cc1cccc(Cl)c1. The number of nitrogens with zero attached hydrogens (tertiary/aromatic N) is 2. The standard InChI is InChI=1S/C13H11ClN2O/c14-13-3-1-2-12(8-13)10-16(17)9-11-4-6-15-7-5-11/h1-9H,10H2. The average molecular weight is 247 g/mol. The lowest BCUT2D eigenvalue weighted by Gasteiger charge is -2.04. The minimum Gasteiger partial charge on any atom is -0.624 e. The van der Waals surface area contributed by atoms with Crippen LogP contribution in [0.2, 0.25) is 5.02 Å². The second-order valence-corrected chi connectivity index (χ2v) is 4.05. The molecule has 0 saturated carbocycles. The van der Waals surface area contributed by atoms with Gasteiger partial charge in [-0.3, -0.25) is 4.98 Å². The lowest BCUT2D eigenvalue weighted by atomic mass is 10.2. The van der Waals surface area contributed by atoms with Gasteiger partial charge in [-0.1, -0.05) is 23.7 Å². The van der Waals surface area contributed by atoms with Crippen molar-refractivity contribution in [1.29, 1.82) is 0 Å². The Morgan fingerprint density at radius 2 is 2.00 bits per heavy atom. The van der Waals surface area contributed by atoms with Crippen molar-refractivity contribution in [3.05, 3.63) is 70.1 Å². The van der Waals surface area contributed by atoms with Gasteiger partial charge >= 0.3 is 0 Å². The number of aromatic nitrogens is 1. The summed E-state index contributed by atoms with van der Waals surface area (Å²) in [5.41, 5.74) is 1.72. The predicted octanol–water partition coefficient (Wildman–Crippen LogP) is 2.86. The molecular weight excluding hydrogens is 236 g/mol. The van der Waals surface area contributed by atoms with E-state index in [2.05, 4.69) is 4.98 Å². The van der Waals surface area contributed by atoms with Crippen LogP contribution < -0.4 is 0 Å². The van der Waals surface area contributed by atoms with Gasteiger partial charge in [-0.05, 0) is 24.3 Å². The molecule has 0 fully saturated rings. The topological polar surface area (TPSA) is 39.0 Å². The maximum absolute atomic E-state index is 11.7. The van der Waals surface area contributed by atoms with Crippen LogP contribution in [0.1, 0.15) is 11.1 Å². The van der Waals surface area contributed by atoms with Gasteiger partial charge in [-0.25, -0.2) is 4.74 Å². The lowest BCUT2D eigenvalue weighted by molar-refractivity contribution is -0.469. The summed E-state index contributed by atoms with van der Waals surface area (Å²) in [5, 5.41) is 12.3. The van der Waals surface area contributed by atoms with Crippen LogP contribution in [-0.4, -0.2) is 15.9 Å². The Morgan fingerprint density at radius 1 is 1.24 bits per heavy atom. The van der Waals surface area contributed by atoms with E-state index in [0.717, 1.165) is 15.9 Å². The van der Waals surface area contributed by atoms with E-state index >= 15 is 0 Å². The van der Waals surface area contributed by atoms with E-state index in [0.29, 0.717) is 5.02 Å². The molecule has 0 unspecified atom stereocenters. The number of hydroxylamine groups is 1. The first-order chi connectivity index (χ1) is 8.24. The van der Waals surface area contributed by atoms with E-state index < -0.39 is 0 Å². The Morgan fingerprint density at radius 3 is 2.71 bits per heavy atom. The zero-order valence-corrected chi connectivity index (χ0v) is 9.84. The normalized spacial score (nSPS) is 11.5. The van der Waals surface area contributed by atoms with Crippen LogP contribution in [0.5, 0.6) is 0 Å². The van der Waals surface area contributed by atoms with E-state index in [-0.39, 0.29) is 6.54 Å². The van der Waals surface area contributed by atoms with Gasteiger partial charge in [0.2, 0.25) is 0 Å². The average Bonchev–Trinajstić information content (AvgIpc) is 2.30. The molecule has 0 aliphatic carbocycles. The first-order valence-corrected chi connectivity index (χ1v) is 5.55. The van der Waals surface area contributed by atoms with Gasteiger partial charge < -0.3 is 5.21 Å². The van der Waals surface area contributed by atoms with E-state index in [1.165, 1.54) is 6.21 Å². The third-order valence-electron chi connectivity index (χ3n) is 2.23. The molecule has 1 aromatic carbocycles. The number of benzene rings is 1. The summed E-state index contributed by atoms with van der Waals surface area (Å²) in [6.07, 6.45) is 4.83. The van der Waals surface area contributed by atoms with Gasteiger partial charge in [0.05, 0.1) is 0 Å². The largest absolute Gasteiger partial charge is 0.624 e. The molecule has 4 heteroatoms. The molecule has 0 bridgehead atoms. The molecular formula is C13H11ClN2O. The fraction of sp³-hybridized carbons (Fsp3) is 0.0769. The summed E-state index contributed by atoms with van der Waals surface area (Å²) in [6, 6.07) is 10.8. The number of pyridine rings is 1. The molecule has 1 heterocycles. The van der Waals surface area contributed by atoms with Crippen LogP contribution in [0.3, 0.4) is 0 Å². The van der Waals surface area contributed by atoms with Crippen LogP contribution >= 0.6 is 11.6 Å². The monoisotopic (exact) mass is 246 g/mol. The van der Waals surface area contributed by atoms with Crippen LogP contribution in [0.15, 0.2) is 48.8 Å². The van der Waals surface area contributed by atoms with Crippen molar-refractivity contribution in [3.63, 3.8) is 0 Å². The minimum absolute atomic E-state index is 0.281. The Bertz CT molecular complexity index is 526. The molecule has 2 rings (SSSR count). The van der Waals surface area contributed by atoms with Crippen molar-refractivity contribution < 1.29 is 4.74 Å². The van der Waals surface area contributed by atoms with Crippen molar-refractivity contribution in [3.8, 4) is 0 Å². The Kier molecular flexibility index (Phi) is 3.73. The molecule has 0 radical (unpaired) electrons. The Balaban J connectivity index is 2.12. The van der Waals surface area contributed by atoms with Crippen LogP contribution in [0.25, 0.3) is 0 Å². The third-order valence-corrected chi connectivity index (χ3v) is 2.46. The second-order valence-electron chi connectivity index (χ2n) is 3.61. The molecule has 1 aromatic heterocycles. The highest BCUT2D eigenvalue weighted by Crippen LogP contribution is 2.11. The van der Waals surface area contributed by atoms with Crippen LogP contribution in [0.4, 0.5) is 0 Å². The smallest absolute Gasteiger partial charge is 0.182 e. The Hall–Kier alpha value is -1.87. The zero-order valence-electron chi connectivity index (χ0n) is 9.08. The second kappa shape index (κ2) is 5.46. The summed E-state index contributed by atoms with van der Waals surface area (Å²) < 4.78 is 0.876. The first-order valence-electron chi connectivity index (χ1n) is 5.17. The third kappa shape index (κ3) is 3.57. The molecule has 0 saturated heterocycles. The van der Waals surface area contributed by atoms with Gasteiger partial charge in [0.25, 0.3) is 0 Å². The summed E-state index contributed by atoms with van der Waals surface area (Å²) in [7, 11) is 0. The molecule has 17 heavy (non-hydrogen) atoms. The number of hydrogen-bond donors (Lipinski definition) is 0. The van der Waals surface area contributed by atoms with Crippen molar-refractivity contribution >= 4 is 17.8 Å². The molecule has 2 aromatic rings. The van der Waals surface area contributed by atoms with Crippen molar-refractivity contribution in [2.24, 2.45) is 0 Å². The number of rotatable bonds is 3. The first kappa shape index (κ1) is 11.6. The Labute approximate surface area is 105 Å². The van der Waals surface area contributed by atoms with Gasteiger partial charge in [-0.2, -0.15) is 0 Å². The minimum atomic E-state index is 0.281. The van der Waals surface area contributed by atoms with Gasteiger partial charge in [0.15, 0.2) is 12.8 Å². The molecule has 0 aliphatic heterocycles. The van der Waals surface area contributed by atoms with Crippen LogP contribution in [0, 0.1) is 5.21 Å². The maximum atomic E-state index is 11.7. The van der Waals surface area contributed by atoms with E-state index in [9.17, 15) is 5.21 Å². The van der Waals surface area contributed by atoms with E-state index in [1.807, 2.05) is 12.1 Å². The molecule has 0 atom stereocenters. The quantitative estimate of drug-likeness (QED) is 0.362. The van der Waals surface area contributed by atoms with Crippen molar-refractivity contribution in [2.75, 3.05) is 0 Å². The predicted molar refractivity (Wildman–Crippen MR) is 68.2 cm³/mol. The highest BCUT2D eigenvalue weighted by atomic mass is 35.5. The molecule has 0 aliphatic rings. The number of hydrogen-bond acceptors (Lipinski definition) is 2. The highest BCUT2D eigenvalue weighted by molar-refractivity contribution is 6.30. The zero-order chi connectivity index (χ0) is 12.1. The summed E-state index contributed by atoms with van der Waals surface area (Å²) in [5.74, 6) is 0. The number of halogens is 1. The van der Waals surface area contributed by atoms with Crippen molar-refractivity contribution in [1.82, 2.24) is 4.98 Å². The molecule has 0 spiro atoms. The van der Waals surface area contributed by atoms with Crippen molar-refractivity contribution in [2.45, 2.75) is 6.54 Å².